The Bertz CT molecular complexity index is 1070. The summed E-state index contributed by atoms with van der Waals surface area (Å²) in [5.41, 5.74) is 2.28. The lowest BCUT2D eigenvalue weighted by Crippen LogP contribution is -2.32. The largest absolute Gasteiger partial charge is 0.341 e. The topological polar surface area (TPSA) is 54.5 Å². The highest BCUT2D eigenvalue weighted by Crippen LogP contribution is 2.20. The molecular weight excluding hydrogens is 408 g/mol. The smallest absolute Gasteiger partial charge is 0.334 e. The van der Waals surface area contributed by atoms with Gasteiger partial charge < -0.3 is 4.90 Å². The van der Waals surface area contributed by atoms with Gasteiger partial charge in [0.05, 0.1) is 4.90 Å². The molecule has 4 nitrogen and oxygen atoms in total. The van der Waals surface area contributed by atoms with E-state index < -0.39 is 20.5 Å². The molecule has 0 atom stereocenters. The van der Waals surface area contributed by atoms with E-state index in [-0.39, 0.29) is 11.5 Å². The summed E-state index contributed by atoms with van der Waals surface area (Å²) in [6.07, 6.45) is 0.650. The number of alkyl halides is 2. The van der Waals surface area contributed by atoms with Gasteiger partial charge in [0.15, 0.2) is 0 Å². The summed E-state index contributed by atoms with van der Waals surface area (Å²) in [7, 11) is -4.69. The summed E-state index contributed by atoms with van der Waals surface area (Å²) in [5.74, 6) is -3.80. The molecule has 156 valence electrons. The van der Waals surface area contributed by atoms with Crippen molar-refractivity contribution in [1.29, 1.82) is 0 Å². The minimum Gasteiger partial charge on any atom is -0.334 e. The molecule has 0 radical (unpaired) electrons. The van der Waals surface area contributed by atoms with Crippen molar-refractivity contribution in [2.24, 2.45) is 0 Å². The van der Waals surface area contributed by atoms with Gasteiger partial charge >= 0.3 is 5.76 Å². The zero-order chi connectivity index (χ0) is 21.6. The van der Waals surface area contributed by atoms with Crippen LogP contribution in [0.4, 0.5) is 8.78 Å². The fourth-order valence-electron chi connectivity index (χ4n) is 3.04. The van der Waals surface area contributed by atoms with Crippen molar-refractivity contribution in [1.82, 2.24) is 4.90 Å². The highest BCUT2D eigenvalue weighted by molar-refractivity contribution is 7.91. The summed E-state index contributed by atoms with van der Waals surface area (Å²) < 4.78 is 48.7. The number of nitrogens with zero attached hydrogens (tertiary/aromatic N) is 1. The highest BCUT2D eigenvalue weighted by Gasteiger charge is 2.27. The van der Waals surface area contributed by atoms with Gasteiger partial charge in [-0.25, -0.2) is 8.42 Å². The predicted molar refractivity (Wildman–Crippen MR) is 111 cm³/mol. The van der Waals surface area contributed by atoms with Crippen LogP contribution in [0, 0.1) is 0 Å². The van der Waals surface area contributed by atoms with E-state index >= 15 is 0 Å². The van der Waals surface area contributed by atoms with Crippen LogP contribution in [0.15, 0.2) is 89.8 Å². The van der Waals surface area contributed by atoms with Crippen LogP contribution in [0.25, 0.3) is 0 Å². The average Bonchev–Trinajstić information content (AvgIpc) is 2.77. The van der Waals surface area contributed by atoms with Crippen LogP contribution in [-0.4, -0.2) is 31.5 Å². The first-order valence-electron chi connectivity index (χ1n) is 9.37. The number of carbonyl (C=O) groups is 1. The van der Waals surface area contributed by atoms with Crippen molar-refractivity contribution < 1.29 is 22.0 Å². The fraction of sp³-hybridized carbons (Fsp3) is 0.174. The molecule has 7 heteroatoms. The van der Waals surface area contributed by atoms with Gasteiger partial charge in [-0.15, -0.1) is 0 Å². The lowest BCUT2D eigenvalue weighted by molar-refractivity contribution is 0.0745. The molecule has 0 bridgehead atoms. The molecule has 0 aliphatic heterocycles. The molecule has 0 aliphatic rings. The maximum Gasteiger partial charge on any atom is 0.341 e. The number of sulfone groups is 1. The summed E-state index contributed by atoms with van der Waals surface area (Å²) in [5, 5.41) is 0. The third-order valence-corrected chi connectivity index (χ3v) is 6.08. The Balaban J connectivity index is 1.81. The standard InChI is InChI=1S/C23H21F2NO3S/c24-23(25)30(28,29)21-13-11-20(12-14-21)22(27)26(17-19-9-5-2-6-10-19)16-15-18-7-3-1-4-8-18/h1-14,23H,15-17H2. The van der Waals surface area contributed by atoms with Crippen molar-refractivity contribution in [3.63, 3.8) is 0 Å². The first kappa shape index (κ1) is 21.6. The molecule has 0 spiro atoms. The van der Waals surface area contributed by atoms with Crippen LogP contribution < -0.4 is 0 Å². The quantitative estimate of drug-likeness (QED) is 0.527. The van der Waals surface area contributed by atoms with Crippen LogP contribution in [0.1, 0.15) is 21.5 Å². The van der Waals surface area contributed by atoms with E-state index in [0.717, 1.165) is 23.3 Å². The van der Waals surface area contributed by atoms with Gasteiger partial charge in [0, 0.05) is 18.7 Å². The van der Waals surface area contributed by atoms with E-state index in [9.17, 15) is 22.0 Å². The van der Waals surface area contributed by atoms with Crippen LogP contribution in [0.3, 0.4) is 0 Å². The maximum absolute atomic E-state index is 13.1. The molecule has 3 rings (SSSR count). The minimum atomic E-state index is -4.69. The molecule has 30 heavy (non-hydrogen) atoms. The molecule has 3 aromatic carbocycles. The molecule has 0 unspecified atom stereocenters. The van der Waals surface area contributed by atoms with Crippen molar-refractivity contribution in [3.05, 3.63) is 102 Å². The molecule has 3 aromatic rings. The van der Waals surface area contributed by atoms with Crippen LogP contribution in [0.5, 0.6) is 0 Å². The molecule has 0 aliphatic carbocycles. The zero-order valence-electron chi connectivity index (χ0n) is 16.1. The number of benzene rings is 3. The van der Waals surface area contributed by atoms with Gasteiger partial charge in [-0.1, -0.05) is 60.7 Å². The van der Waals surface area contributed by atoms with Crippen molar-refractivity contribution >= 4 is 15.7 Å². The summed E-state index contributed by atoms with van der Waals surface area (Å²) >= 11 is 0. The second kappa shape index (κ2) is 9.63. The molecule has 0 saturated carbocycles. The van der Waals surface area contributed by atoms with Crippen molar-refractivity contribution in [2.75, 3.05) is 6.54 Å². The molecule has 0 aromatic heterocycles. The molecule has 0 heterocycles. The molecule has 0 saturated heterocycles. The zero-order valence-corrected chi connectivity index (χ0v) is 16.9. The highest BCUT2D eigenvalue weighted by atomic mass is 32.2. The second-order valence-electron chi connectivity index (χ2n) is 6.78. The van der Waals surface area contributed by atoms with Gasteiger partial charge in [-0.05, 0) is 41.8 Å². The summed E-state index contributed by atoms with van der Waals surface area (Å²) in [6.45, 7) is 0.832. The lowest BCUT2D eigenvalue weighted by Gasteiger charge is -2.23. The minimum absolute atomic E-state index is 0.243. The molecule has 0 N–H and O–H groups in total. The van der Waals surface area contributed by atoms with E-state index in [4.69, 9.17) is 0 Å². The van der Waals surface area contributed by atoms with Gasteiger partial charge in [-0.2, -0.15) is 8.78 Å². The van der Waals surface area contributed by atoms with Crippen LogP contribution in [-0.2, 0) is 22.8 Å². The fourth-order valence-corrected chi connectivity index (χ4v) is 3.76. The van der Waals surface area contributed by atoms with Gasteiger partial charge in [0.25, 0.3) is 5.91 Å². The SMILES string of the molecule is O=C(c1ccc(S(=O)(=O)C(F)F)cc1)N(CCc1ccccc1)Cc1ccccc1. The Morgan fingerprint density at radius 1 is 0.800 bits per heavy atom. The van der Waals surface area contributed by atoms with Crippen molar-refractivity contribution in [3.8, 4) is 0 Å². The number of amides is 1. The number of rotatable bonds is 8. The number of hydrogen-bond donors (Lipinski definition) is 0. The van der Waals surface area contributed by atoms with Crippen LogP contribution >= 0.6 is 0 Å². The van der Waals surface area contributed by atoms with Gasteiger partial charge in [0.1, 0.15) is 0 Å². The number of hydrogen-bond acceptors (Lipinski definition) is 3. The maximum atomic E-state index is 13.1. The normalized spacial score (nSPS) is 11.4. The van der Waals surface area contributed by atoms with Crippen LogP contribution in [0.2, 0.25) is 0 Å². The Labute approximate surface area is 174 Å². The Morgan fingerprint density at radius 3 is 1.87 bits per heavy atom. The van der Waals surface area contributed by atoms with E-state index in [2.05, 4.69) is 0 Å². The summed E-state index contributed by atoms with van der Waals surface area (Å²) in [6, 6.07) is 23.9. The summed E-state index contributed by atoms with van der Waals surface area (Å²) in [4.78, 5) is 14.3. The first-order valence-corrected chi connectivity index (χ1v) is 10.9. The Morgan fingerprint density at radius 2 is 1.33 bits per heavy atom. The second-order valence-corrected chi connectivity index (χ2v) is 8.70. The Hall–Kier alpha value is -3.06. The monoisotopic (exact) mass is 429 g/mol. The average molecular weight is 429 g/mol. The third-order valence-electron chi connectivity index (χ3n) is 4.68. The van der Waals surface area contributed by atoms with Gasteiger partial charge in [0.2, 0.25) is 9.84 Å². The number of halogens is 2. The predicted octanol–water partition coefficient (Wildman–Crippen LogP) is 4.57. The van der Waals surface area contributed by atoms with Crippen molar-refractivity contribution in [2.45, 2.75) is 23.6 Å². The molecular formula is C23H21F2NO3S. The Kier molecular flexibility index (Phi) is 6.95. The molecule has 1 amide bonds. The van der Waals surface area contributed by atoms with E-state index in [1.165, 1.54) is 12.1 Å². The lowest BCUT2D eigenvalue weighted by atomic mass is 10.1. The molecule has 0 fully saturated rings. The van der Waals surface area contributed by atoms with Gasteiger partial charge in [-0.3, -0.25) is 4.79 Å². The van der Waals surface area contributed by atoms with E-state index in [1.54, 1.807) is 4.90 Å². The van der Waals surface area contributed by atoms with E-state index in [1.807, 2.05) is 60.7 Å². The first-order chi connectivity index (χ1) is 14.4. The number of carbonyl (C=O) groups excluding carboxylic acids is 1. The van der Waals surface area contributed by atoms with E-state index in [0.29, 0.717) is 19.5 Å². The third kappa shape index (κ3) is 5.30.